The summed E-state index contributed by atoms with van der Waals surface area (Å²) in [5.41, 5.74) is 1.32. The van der Waals surface area contributed by atoms with E-state index in [2.05, 4.69) is 5.32 Å². The molecule has 1 aromatic carbocycles. The van der Waals surface area contributed by atoms with E-state index in [1.807, 2.05) is 6.26 Å². The van der Waals surface area contributed by atoms with Gasteiger partial charge in [-0.05, 0) is 43.0 Å². The molecule has 0 fully saturated rings. The Hall–Kier alpha value is -2.41. The molecule has 0 bridgehead atoms. The Labute approximate surface area is 137 Å². The predicted octanol–water partition coefficient (Wildman–Crippen LogP) is 3.25. The van der Waals surface area contributed by atoms with E-state index < -0.39 is 12.1 Å². The van der Waals surface area contributed by atoms with Gasteiger partial charge in [0.1, 0.15) is 11.9 Å². The largest absolute Gasteiger partial charge is 0.482 e. The van der Waals surface area contributed by atoms with Crippen molar-refractivity contribution in [2.75, 3.05) is 18.2 Å². The number of benzene rings is 1. The van der Waals surface area contributed by atoms with Crippen LogP contribution >= 0.6 is 11.8 Å². The molecular formula is C16H15NO5S. The summed E-state index contributed by atoms with van der Waals surface area (Å²) in [6, 6.07) is 8.58. The molecule has 1 amide bonds. The first kappa shape index (κ1) is 15.5. The maximum Gasteiger partial charge on any atom is 0.374 e. The number of rotatable bonds is 4. The zero-order valence-corrected chi connectivity index (χ0v) is 13.4. The number of carbonyl (C=O) groups is 2. The topological polar surface area (TPSA) is 77.8 Å². The fourth-order valence-corrected chi connectivity index (χ4v) is 2.56. The third-order valence-corrected chi connectivity index (χ3v) is 4.00. The Morgan fingerprint density at radius 2 is 2.17 bits per heavy atom. The molecule has 1 atom stereocenters. The molecule has 0 radical (unpaired) electrons. The minimum atomic E-state index is -0.532. The summed E-state index contributed by atoms with van der Waals surface area (Å²) >= 11 is 1.41. The van der Waals surface area contributed by atoms with Crippen molar-refractivity contribution < 1.29 is 23.5 Å². The number of anilines is 1. The van der Waals surface area contributed by atoms with Crippen molar-refractivity contribution in [1.82, 2.24) is 0 Å². The molecule has 0 saturated carbocycles. The van der Waals surface area contributed by atoms with Gasteiger partial charge in [-0.2, -0.15) is 0 Å². The highest BCUT2D eigenvalue weighted by molar-refractivity contribution is 7.98. The number of esters is 1. The van der Waals surface area contributed by atoms with Crippen molar-refractivity contribution in [3.63, 3.8) is 0 Å². The van der Waals surface area contributed by atoms with Crippen LogP contribution in [-0.2, 0) is 9.53 Å². The summed E-state index contributed by atoms with van der Waals surface area (Å²) in [5, 5.41) is 3.38. The van der Waals surface area contributed by atoms with Crippen LogP contribution in [0.15, 0.2) is 39.8 Å². The van der Waals surface area contributed by atoms with Gasteiger partial charge in [0.2, 0.25) is 5.76 Å². The summed E-state index contributed by atoms with van der Waals surface area (Å²) < 4.78 is 16.0. The van der Waals surface area contributed by atoms with Crippen molar-refractivity contribution in [3.8, 4) is 5.75 Å². The number of nitrogens with one attached hydrogen (secondary N) is 1. The zero-order valence-electron chi connectivity index (χ0n) is 12.6. The first-order valence-electron chi connectivity index (χ1n) is 6.98. The van der Waals surface area contributed by atoms with Crippen LogP contribution in [0.4, 0.5) is 5.69 Å². The molecule has 120 valence electrons. The van der Waals surface area contributed by atoms with E-state index in [-0.39, 0.29) is 18.3 Å². The maximum absolute atomic E-state index is 12.1. The zero-order chi connectivity index (χ0) is 16.4. The van der Waals surface area contributed by atoms with E-state index in [0.29, 0.717) is 16.5 Å². The number of ether oxygens (including phenoxy) is 2. The van der Waals surface area contributed by atoms with Gasteiger partial charge in [0, 0.05) is 0 Å². The van der Waals surface area contributed by atoms with E-state index in [9.17, 15) is 9.59 Å². The molecule has 0 saturated heterocycles. The lowest BCUT2D eigenvalue weighted by molar-refractivity contribution is -0.118. The molecule has 1 aliphatic rings. The molecular weight excluding hydrogens is 318 g/mol. The minimum Gasteiger partial charge on any atom is -0.482 e. The predicted molar refractivity (Wildman–Crippen MR) is 84.9 cm³/mol. The third kappa shape index (κ3) is 3.34. The smallest absolute Gasteiger partial charge is 0.374 e. The number of carbonyl (C=O) groups excluding carboxylic acids is 2. The van der Waals surface area contributed by atoms with Crippen LogP contribution in [-0.4, -0.2) is 24.7 Å². The van der Waals surface area contributed by atoms with Crippen molar-refractivity contribution in [1.29, 1.82) is 0 Å². The molecule has 3 rings (SSSR count). The first-order chi connectivity index (χ1) is 11.1. The molecule has 2 heterocycles. The lowest BCUT2D eigenvalue weighted by atomic mass is 10.1. The van der Waals surface area contributed by atoms with Gasteiger partial charge >= 0.3 is 5.97 Å². The van der Waals surface area contributed by atoms with Gasteiger partial charge in [0.05, 0.1) is 5.69 Å². The van der Waals surface area contributed by atoms with Crippen LogP contribution in [0.5, 0.6) is 5.75 Å². The SMILES string of the molecule is CSc1ccc(C(=O)O[C@@H](C)c2ccc3c(c2)NC(=O)CO3)o1. The third-order valence-electron chi connectivity index (χ3n) is 3.37. The van der Waals surface area contributed by atoms with Crippen molar-refractivity contribution in [3.05, 3.63) is 41.7 Å². The number of amides is 1. The quantitative estimate of drug-likeness (QED) is 0.683. The summed E-state index contributed by atoms with van der Waals surface area (Å²) in [7, 11) is 0. The molecule has 1 aliphatic heterocycles. The molecule has 0 spiro atoms. The van der Waals surface area contributed by atoms with Gasteiger partial charge in [-0.15, -0.1) is 0 Å². The van der Waals surface area contributed by atoms with Crippen LogP contribution < -0.4 is 10.1 Å². The van der Waals surface area contributed by atoms with Gasteiger partial charge in [0.15, 0.2) is 11.7 Å². The van der Waals surface area contributed by atoms with E-state index in [1.165, 1.54) is 11.8 Å². The Kier molecular flexibility index (Phi) is 4.29. The normalized spacial score (nSPS) is 14.4. The Morgan fingerprint density at radius 1 is 1.35 bits per heavy atom. The summed E-state index contributed by atoms with van der Waals surface area (Å²) in [4.78, 5) is 23.4. The highest BCUT2D eigenvalue weighted by Crippen LogP contribution is 2.32. The Morgan fingerprint density at radius 3 is 2.91 bits per heavy atom. The standard InChI is InChI=1S/C16H15NO5S/c1-9(21-16(19)13-5-6-15(22-13)23-2)10-3-4-12-11(7-10)17-14(18)8-20-12/h3-7,9H,8H2,1-2H3,(H,17,18)/t9-/m0/s1. The highest BCUT2D eigenvalue weighted by Gasteiger charge is 2.20. The molecule has 0 unspecified atom stereocenters. The lowest BCUT2D eigenvalue weighted by Crippen LogP contribution is -2.25. The Balaban J connectivity index is 1.73. The van der Waals surface area contributed by atoms with Crippen molar-refractivity contribution in [2.24, 2.45) is 0 Å². The number of hydrogen-bond acceptors (Lipinski definition) is 6. The number of fused-ring (bicyclic) bond motifs is 1. The second-order valence-electron chi connectivity index (χ2n) is 4.96. The molecule has 7 heteroatoms. The van der Waals surface area contributed by atoms with E-state index in [1.54, 1.807) is 37.3 Å². The fourth-order valence-electron chi connectivity index (χ4n) is 2.18. The fraction of sp³-hybridized carbons (Fsp3) is 0.250. The van der Waals surface area contributed by atoms with Crippen molar-refractivity contribution in [2.45, 2.75) is 18.1 Å². The molecule has 6 nitrogen and oxygen atoms in total. The summed E-state index contributed by atoms with van der Waals surface area (Å²) in [6.45, 7) is 1.76. The van der Waals surface area contributed by atoms with Gasteiger partial charge in [0.25, 0.3) is 5.91 Å². The molecule has 23 heavy (non-hydrogen) atoms. The monoisotopic (exact) mass is 333 g/mol. The van der Waals surface area contributed by atoms with E-state index in [4.69, 9.17) is 13.9 Å². The average molecular weight is 333 g/mol. The average Bonchev–Trinajstić information content (AvgIpc) is 3.03. The van der Waals surface area contributed by atoms with Gasteiger partial charge in [-0.1, -0.05) is 17.8 Å². The summed E-state index contributed by atoms with van der Waals surface area (Å²) in [6.07, 6.45) is 1.37. The maximum atomic E-state index is 12.1. The number of hydrogen-bond donors (Lipinski definition) is 1. The molecule has 1 aromatic heterocycles. The molecule has 1 N–H and O–H groups in total. The van der Waals surface area contributed by atoms with Gasteiger partial charge in [-0.25, -0.2) is 4.79 Å². The van der Waals surface area contributed by atoms with Crippen LogP contribution in [0, 0.1) is 0 Å². The van der Waals surface area contributed by atoms with Crippen LogP contribution in [0.3, 0.4) is 0 Å². The minimum absolute atomic E-state index is 0.00710. The number of furan rings is 1. The van der Waals surface area contributed by atoms with Gasteiger partial charge in [-0.3, -0.25) is 4.79 Å². The first-order valence-corrected chi connectivity index (χ1v) is 8.20. The number of thioether (sulfide) groups is 1. The second kappa shape index (κ2) is 6.37. The highest BCUT2D eigenvalue weighted by atomic mass is 32.2. The lowest BCUT2D eigenvalue weighted by Gasteiger charge is -2.20. The van der Waals surface area contributed by atoms with E-state index >= 15 is 0 Å². The second-order valence-corrected chi connectivity index (χ2v) is 5.77. The summed E-state index contributed by atoms with van der Waals surface area (Å²) in [5.74, 6) is 0.0219. The molecule has 0 aliphatic carbocycles. The van der Waals surface area contributed by atoms with Crippen molar-refractivity contribution >= 4 is 29.3 Å². The van der Waals surface area contributed by atoms with Gasteiger partial charge < -0.3 is 19.2 Å². The Bertz CT molecular complexity index is 755. The van der Waals surface area contributed by atoms with Crippen LogP contribution in [0.2, 0.25) is 0 Å². The van der Waals surface area contributed by atoms with E-state index in [0.717, 1.165) is 5.56 Å². The molecule has 2 aromatic rings. The van der Waals surface area contributed by atoms with Crippen LogP contribution in [0.25, 0.3) is 0 Å². The van der Waals surface area contributed by atoms with Crippen LogP contribution in [0.1, 0.15) is 29.1 Å².